The van der Waals surface area contributed by atoms with Gasteiger partial charge in [0.15, 0.2) is 0 Å². The van der Waals surface area contributed by atoms with E-state index in [0.717, 1.165) is 72.3 Å². The summed E-state index contributed by atoms with van der Waals surface area (Å²) < 4.78 is 9.81. The van der Waals surface area contributed by atoms with Crippen LogP contribution in [0.4, 0.5) is 0 Å². The van der Waals surface area contributed by atoms with E-state index in [0.29, 0.717) is 0 Å². The third-order valence-corrected chi connectivity index (χ3v) is 22.1. The van der Waals surface area contributed by atoms with Crippen LogP contribution in [0.5, 0.6) is 0 Å². The van der Waals surface area contributed by atoms with E-state index < -0.39 is 0 Å². The zero-order valence-electron chi connectivity index (χ0n) is 53.9. The first-order valence-electron chi connectivity index (χ1n) is 34.4. The highest BCUT2D eigenvalue weighted by molar-refractivity contribution is 6.23. The third-order valence-electron chi connectivity index (χ3n) is 22.1. The lowest BCUT2D eigenvalue weighted by molar-refractivity contribution is 1.18. The number of rotatable bonds is 7. The number of fused-ring (bicyclic) bond motifs is 20. The normalized spacial score (nSPS) is 12.4. The Hall–Kier alpha value is -13.4. The largest absolute Gasteiger partial charge is 0.309 e. The predicted molar refractivity (Wildman–Crippen MR) is 417 cm³/mol. The Labute approximate surface area is 573 Å². The van der Waals surface area contributed by atoms with Gasteiger partial charge in [-0.25, -0.2) is 0 Å². The fourth-order valence-corrected chi connectivity index (χ4v) is 17.8. The van der Waals surface area contributed by atoms with Crippen LogP contribution in [-0.4, -0.2) is 28.2 Å². The highest BCUT2D eigenvalue weighted by Gasteiger charge is 2.29. The van der Waals surface area contributed by atoms with Crippen molar-refractivity contribution in [2.24, 2.45) is 0 Å². The molecule has 0 aliphatic heterocycles. The van der Waals surface area contributed by atoms with E-state index in [1.54, 1.807) is 0 Å². The van der Waals surface area contributed by atoms with Gasteiger partial charge in [0.2, 0.25) is 0 Å². The summed E-state index contributed by atoms with van der Waals surface area (Å²) in [6.07, 6.45) is 8.19. The van der Waals surface area contributed by atoms with E-state index in [1.165, 1.54) is 148 Å². The number of nitrogens with zero attached hydrogens (tertiary/aromatic N) is 6. The molecule has 0 bridgehead atoms. The first-order chi connectivity index (χ1) is 49.6. The van der Waals surface area contributed by atoms with Crippen LogP contribution in [0.2, 0.25) is 0 Å². The van der Waals surface area contributed by atoms with Crippen molar-refractivity contribution in [2.75, 3.05) is 0 Å². The zero-order chi connectivity index (χ0) is 65.0. The van der Waals surface area contributed by atoms with E-state index in [2.05, 4.69) is 334 Å². The molecule has 6 heterocycles. The molecule has 0 N–H and O–H groups in total. The molecule has 0 radical (unpaired) electrons. The van der Waals surface area contributed by atoms with E-state index >= 15 is 0 Å². The van der Waals surface area contributed by atoms with Crippen molar-refractivity contribution in [2.45, 2.75) is 0 Å². The quantitative estimate of drug-likeness (QED) is 0.160. The molecule has 0 saturated heterocycles. The summed E-state index contributed by atoms with van der Waals surface area (Å²) in [5.74, 6) is 0. The second kappa shape index (κ2) is 20.1. The van der Waals surface area contributed by atoms with Crippen LogP contribution in [0.25, 0.3) is 220 Å². The SMILES string of the molecule is c1ccc(-n2c3ccc(-c4ccc5c6ccccc6n(-c6cc7c8c(cncc8c6)-c6ccccc6-7)c5c4)cc3c3cc(-c4cccc5c4-c4cncc6cc(-n7c8ccccc8c8cc(-c9ccc%10c(c9)c9ccc%11ccccc%11c9n%10-c9ccccc9)ccc87)cc-5c46)ccc32)cc1. The van der Waals surface area contributed by atoms with Gasteiger partial charge in [-0.2, -0.15) is 0 Å². The maximum Gasteiger partial charge on any atom is 0.0619 e. The molecule has 23 rings (SSSR count). The number of benzene rings is 15. The first-order valence-corrected chi connectivity index (χ1v) is 34.4. The van der Waals surface area contributed by atoms with Crippen molar-refractivity contribution in [3.63, 3.8) is 0 Å². The molecule has 6 nitrogen and oxygen atoms in total. The Morgan fingerprint density at radius 3 is 1.28 bits per heavy atom. The molecule has 0 fully saturated rings. The van der Waals surface area contributed by atoms with Gasteiger partial charge in [-0.05, 0) is 187 Å². The van der Waals surface area contributed by atoms with Crippen LogP contribution in [0.15, 0.2) is 328 Å². The second-order valence-electron chi connectivity index (χ2n) is 27.2. The van der Waals surface area contributed by atoms with Crippen molar-refractivity contribution in [3.05, 3.63) is 328 Å². The van der Waals surface area contributed by atoms with Crippen molar-refractivity contribution in [3.8, 4) is 101 Å². The lowest BCUT2D eigenvalue weighted by Crippen LogP contribution is -1.95. The van der Waals surface area contributed by atoms with Gasteiger partial charge in [-0.1, -0.05) is 188 Å². The van der Waals surface area contributed by atoms with Crippen molar-refractivity contribution in [1.29, 1.82) is 0 Å². The molecular formula is C94H54N6. The number of aromatic nitrogens is 6. The molecule has 100 heavy (non-hydrogen) atoms. The Morgan fingerprint density at radius 1 is 0.190 bits per heavy atom. The predicted octanol–water partition coefficient (Wildman–Crippen LogP) is 24.6. The lowest BCUT2D eigenvalue weighted by Gasteiger charge is -2.12. The third kappa shape index (κ3) is 7.40. The molecule has 0 amide bonds. The summed E-state index contributed by atoms with van der Waals surface area (Å²) in [4.78, 5) is 9.83. The Balaban J connectivity index is 0.653. The number of hydrogen-bond donors (Lipinski definition) is 0. The van der Waals surface area contributed by atoms with Crippen LogP contribution in [0.3, 0.4) is 0 Å². The molecule has 0 atom stereocenters. The molecule has 460 valence electrons. The number of pyridine rings is 2. The van der Waals surface area contributed by atoms with Crippen LogP contribution in [-0.2, 0) is 0 Å². The van der Waals surface area contributed by atoms with Gasteiger partial charge in [0.05, 0.1) is 44.1 Å². The molecular weight excluding hydrogens is 1210 g/mol. The molecule has 15 aromatic carbocycles. The summed E-state index contributed by atoms with van der Waals surface area (Å²) in [6.45, 7) is 0. The van der Waals surface area contributed by atoms with Crippen molar-refractivity contribution >= 4 is 120 Å². The smallest absolute Gasteiger partial charge is 0.0619 e. The summed E-state index contributed by atoms with van der Waals surface area (Å²) in [6, 6.07) is 113. The maximum atomic E-state index is 5.05. The maximum absolute atomic E-state index is 5.05. The average Bonchev–Trinajstić information content (AvgIpc) is 1.38. The van der Waals surface area contributed by atoms with Crippen LogP contribution < -0.4 is 0 Å². The minimum absolute atomic E-state index is 1.11. The standard InChI is InChI=1S/C94H54N6/c1-3-17-63(18-4-1)97-87-39-33-58(59-31-36-73-71-24-11-13-28-84(71)99(90(73)48-59)66-42-61-51-95-53-82-70-23-10-9-22-69(70)80(49-66)91(61)82)46-78(87)79-47-60(35-41-88(79)97)67-26-15-27-74-81-50-65(43-62-52-96-54-83(92(62)81)93(67)74)98-85-29-14-12-25-72(85)76-44-56(32-38-86(76)98)57-34-40-89-77(45-57)75-37-30-55-16-7-8-21-68(55)94(75)100(89)64-19-5-2-6-20-64/h1-54H. The Morgan fingerprint density at radius 2 is 0.610 bits per heavy atom. The average molecular weight is 1270 g/mol. The highest BCUT2D eigenvalue weighted by Crippen LogP contribution is 2.54. The van der Waals surface area contributed by atoms with Gasteiger partial charge in [0.25, 0.3) is 0 Å². The molecule has 0 saturated carbocycles. The number of para-hydroxylation sites is 4. The summed E-state index contributed by atoms with van der Waals surface area (Å²) in [5, 5.41) is 17.0. The minimum atomic E-state index is 1.11. The lowest BCUT2D eigenvalue weighted by atomic mass is 9.93. The fraction of sp³-hybridized carbons (Fsp3) is 0. The zero-order valence-corrected chi connectivity index (χ0v) is 53.9. The van der Waals surface area contributed by atoms with E-state index in [1.807, 2.05) is 12.4 Å². The van der Waals surface area contributed by atoms with Crippen LogP contribution in [0, 0.1) is 0 Å². The molecule has 21 aromatic rings. The number of hydrogen-bond acceptors (Lipinski definition) is 2. The summed E-state index contributed by atoms with van der Waals surface area (Å²) >= 11 is 0. The fourth-order valence-electron chi connectivity index (χ4n) is 17.8. The van der Waals surface area contributed by atoms with Gasteiger partial charge in [0, 0.05) is 129 Å². The molecule has 0 unspecified atom stereocenters. The van der Waals surface area contributed by atoms with E-state index in [-0.39, 0.29) is 0 Å². The molecule has 6 heteroatoms. The summed E-state index contributed by atoms with van der Waals surface area (Å²) in [7, 11) is 0. The van der Waals surface area contributed by atoms with Crippen molar-refractivity contribution in [1.82, 2.24) is 28.2 Å². The van der Waals surface area contributed by atoms with Gasteiger partial charge < -0.3 is 18.3 Å². The molecule has 0 spiro atoms. The van der Waals surface area contributed by atoms with E-state index in [4.69, 9.17) is 9.97 Å². The topological polar surface area (TPSA) is 45.5 Å². The van der Waals surface area contributed by atoms with Crippen LogP contribution in [0.1, 0.15) is 0 Å². The molecule has 2 aliphatic rings. The first kappa shape index (κ1) is 53.8. The summed E-state index contributed by atoms with van der Waals surface area (Å²) in [5.41, 5.74) is 30.7. The van der Waals surface area contributed by atoms with Crippen LogP contribution >= 0.6 is 0 Å². The Bertz CT molecular complexity index is 7200. The molecule has 2 aliphatic carbocycles. The Kier molecular flexibility index (Phi) is 10.8. The monoisotopic (exact) mass is 1270 g/mol. The van der Waals surface area contributed by atoms with Gasteiger partial charge in [0.1, 0.15) is 0 Å². The van der Waals surface area contributed by atoms with Gasteiger partial charge >= 0.3 is 0 Å². The van der Waals surface area contributed by atoms with Crippen molar-refractivity contribution < 1.29 is 0 Å². The van der Waals surface area contributed by atoms with Gasteiger partial charge in [-0.3, -0.25) is 9.97 Å². The molecule has 6 aromatic heterocycles. The minimum Gasteiger partial charge on any atom is -0.309 e. The van der Waals surface area contributed by atoms with Gasteiger partial charge in [-0.15, -0.1) is 0 Å². The van der Waals surface area contributed by atoms with E-state index in [9.17, 15) is 0 Å². The highest BCUT2D eigenvalue weighted by atomic mass is 15.0. The second-order valence-corrected chi connectivity index (χ2v) is 27.2.